The molecule has 3 aromatic carbocycles. The van der Waals surface area contributed by atoms with E-state index in [0.29, 0.717) is 22.6 Å². The van der Waals surface area contributed by atoms with Crippen molar-refractivity contribution in [3.05, 3.63) is 100 Å². The van der Waals surface area contributed by atoms with Gasteiger partial charge in [-0.2, -0.15) is 0 Å². The number of ether oxygens (including phenoxy) is 1. The van der Waals surface area contributed by atoms with Gasteiger partial charge in [-0.15, -0.1) is 0 Å². The summed E-state index contributed by atoms with van der Waals surface area (Å²) < 4.78 is 5.40. The standard InChI is InChI=1S/C30H31NO4/c1-18-10-11-21(16-19(18)2)27(32)25-26(20-8-7-9-24(17-20)35-6)31(29(34)28(25)33)23-14-12-22(13-15-23)30(3,4)5/h7-17,26,32H,1-6H3/b27-25-. The molecule has 1 fully saturated rings. The van der Waals surface area contributed by atoms with Crippen LogP contribution in [-0.4, -0.2) is 23.9 Å². The SMILES string of the molecule is COc1cccc(C2/C(=C(/O)c3ccc(C)c(C)c3)C(=O)C(=O)N2c2ccc(C(C)(C)C)cc2)c1. The molecular weight excluding hydrogens is 438 g/mol. The highest BCUT2D eigenvalue weighted by molar-refractivity contribution is 6.51. The summed E-state index contributed by atoms with van der Waals surface area (Å²) in [5.74, 6) is -0.976. The molecule has 5 nitrogen and oxygen atoms in total. The molecular formula is C30H31NO4. The Labute approximate surface area is 206 Å². The zero-order valence-corrected chi connectivity index (χ0v) is 21.0. The normalized spacial score (nSPS) is 17.7. The molecule has 1 amide bonds. The number of hydrogen-bond donors (Lipinski definition) is 1. The fraction of sp³-hybridized carbons (Fsp3) is 0.267. The topological polar surface area (TPSA) is 66.8 Å². The average molecular weight is 470 g/mol. The maximum Gasteiger partial charge on any atom is 0.300 e. The van der Waals surface area contributed by atoms with Gasteiger partial charge in [0.15, 0.2) is 0 Å². The van der Waals surface area contributed by atoms with Crippen LogP contribution in [0.1, 0.15) is 54.6 Å². The Morgan fingerprint density at radius 3 is 2.20 bits per heavy atom. The minimum absolute atomic E-state index is 0.0534. The number of methoxy groups -OCH3 is 1. The van der Waals surface area contributed by atoms with Crippen LogP contribution < -0.4 is 9.64 Å². The lowest BCUT2D eigenvalue weighted by Crippen LogP contribution is -2.29. The first-order valence-electron chi connectivity index (χ1n) is 11.7. The maximum atomic E-state index is 13.4. The first kappa shape index (κ1) is 24.3. The number of ketones is 1. The second-order valence-electron chi connectivity index (χ2n) is 10.0. The molecule has 1 unspecified atom stereocenters. The predicted molar refractivity (Wildman–Crippen MR) is 139 cm³/mol. The van der Waals surface area contributed by atoms with Crippen LogP contribution >= 0.6 is 0 Å². The van der Waals surface area contributed by atoms with E-state index in [1.165, 1.54) is 4.90 Å². The van der Waals surface area contributed by atoms with E-state index in [9.17, 15) is 14.7 Å². The van der Waals surface area contributed by atoms with Gasteiger partial charge in [-0.1, -0.05) is 57.2 Å². The number of aryl methyl sites for hydroxylation is 2. The fourth-order valence-electron chi connectivity index (χ4n) is 4.39. The highest BCUT2D eigenvalue weighted by Crippen LogP contribution is 2.43. The first-order valence-corrected chi connectivity index (χ1v) is 11.7. The summed E-state index contributed by atoms with van der Waals surface area (Å²) in [4.78, 5) is 28.2. The molecule has 4 rings (SSSR count). The number of aliphatic hydroxyl groups excluding tert-OH is 1. The Hall–Kier alpha value is -3.86. The summed E-state index contributed by atoms with van der Waals surface area (Å²) in [6.45, 7) is 10.3. The molecule has 1 heterocycles. The number of carbonyl (C=O) groups is 2. The highest BCUT2D eigenvalue weighted by atomic mass is 16.5. The smallest absolute Gasteiger partial charge is 0.300 e. The maximum absolute atomic E-state index is 13.4. The number of hydrogen-bond acceptors (Lipinski definition) is 4. The minimum atomic E-state index is -0.799. The lowest BCUT2D eigenvalue weighted by Gasteiger charge is -2.27. The molecule has 0 aliphatic carbocycles. The molecule has 0 radical (unpaired) electrons. The van der Waals surface area contributed by atoms with E-state index in [-0.39, 0.29) is 16.7 Å². The average Bonchev–Trinajstić information content (AvgIpc) is 3.10. The largest absolute Gasteiger partial charge is 0.507 e. The van der Waals surface area contributed by atoms with Crippen LogP contribution in [0, 0.1) is 13.8 Å². The second-order valence-corrected chi connectivity index (χ2v) is 10.0. The number of anilines is 1. The molecule has 3 aromatic rings. The third kappa shape index (κ3) is 4.46. The summed E-state index contributed by atoms with van der Waals surface area (Å²) in [6.07, 6.45) is 0. The number of benzene rings is 3. The molecule has 0 saturated carbocycles. The summed E-state index contributed by atoms with van der Waals surface area (Å²) in [6, 6.07) is 19.6. The van der Waals surface area contributed by atoms with Crippen molar-refractivity contribution in [1.29, 1.82) is 0 Å². The van der Waals surface area contributed by atoms with Crippen LogP contribution in [0.25, 0.3) is 5.76 Å². The van der Waals surface area contributed by atoms with Crippen molar-refractivity contribution in [3.63, 3.8) is 0 Å². The summed E-state index contributed by atoms with van der Waals surface area (Å²) in [5, 5.41) is 11.3. The third-order valence-electron chi connectivity index (χ3n) is 6.65. The minimum Gasteiger partial charge on any atom is -0.507 e. The van der Waals surface area contributed by atoms with Crippen molar-refractivity contribution in [2.75, 3.05) is 12.0 Å². The van der Waals surface area contributed by atoms with Gasteiger partial charge in [-0.3, -0.25) is 14.5 Å². The van der Waals surface area contributed by atoms with Crippen LogP contribution in [0.5, 0.6) is 5.75 Å². The first-order chi connectivity index (χ1) is 16.5. The lowest BCUT2D eigenvalue weighted by molar-refractivity contribution is -0.132. The monoisotopic (exact) mass is 469 g/mol. The van der Waals surface area contributed by atoms with Crippen molar-refractivity contribution in [3.8, 4) is 5.75 Å². The summed E-state index contributed by atoms with van der Waals surface area (Å²) >= 11 is 0. The van der Waals surface area contributed by atoms with E-state index in [1.54, 1.807) is 25.3 Å². The molecule has 1 saturated heterocycles. The van der Waals surface area contributed by atoms with Crippen LogP contribution in [-0.2, 0) is 15.0 Å². The van der Waals surface area contributed by atoms with Gasteiger partial charge < -0.3 is 9.84 Å². The van der Waals surface area contributed by atoms with Crippen molar-refractivity contribution in [1.82, 2.24) is 0 Å². The van der Waals surface area contributed by atoms with Gasteiger partial charge in [0, 0.05) is 11.3 Å². The number of rotatable bonds is 4. The number of Topliss-reactive ketones (excluding diaryl/α,β-unsaturated/α-hetero) is 1. The van der Waals surface area contributed by atoms with Gasteiger partial charge in [0.2, 0.25) is 0 Å². The van der Waals surface area contributed by atoms with Gasteiger partial charge in [0.25, 0.3) is 11.7 Å². The summed E-state index contributed by atoms with van der Waals surface area (Å²) in [7, 11) is 1.57. The van der Waals surface area contributed by atoms with Gasteiger partial charge in [-0.25, -0.2) is 0 Å². The number of nitrogens with zero attached hydrogens (tertiary/aromatic N) is 1. The Balaban J connectivity index is 1.93. The van der Waals surface area contributed by atoms with Gasteiger partial charge in [-0.05, 0) is 71.8 Å². The van der Waals surface area contributed by atoms with Crippen molar-refractivity contribution in [2.45, 2.75) is 46.1 Å². The van der Waals surface area contributed by atoms with Crippen LogP contribution in [0.4, 0.5) is 5.69 Å². The number of carbonyl (C=O) groups excluding carboxylic acids is 2. The molecule has 1 aliphatic rings. The predicted octanol–water partition coefficient (Wildman–Crippen LogP) is 6.24. The van der Waals surface area contributed by atoms with E-state index in [2.05, 4.69) is 20.8 Å². The molecule has 1 aliphatic heterocycles. The molecule has 1 N–H and O–H groups in total. The Kier molecular flexibility index (Phi) is 6.28. The van der Waals surface area contributed by atoms with Crippen LogP contribution in [0.15, 0.2) is 72.3 Å². The quantitative estimate of drug-likeness (QED) is 0.279. The summed E-state index contributed by atoms with van der Waals surface area (Å²) in [5.41, 5.74) is 4.95. The third-order valence-corrected chi connectivity index (χ3v) is 6.65. The van der Waals surface area contributed by atoms with Crippen LogP contribution in [0.2, 0.25) is 0 Å². The fourth-order valence-corrected chi connectivity index (χ4v) is 4.39. The van der Waals surface area contributed by atoms with Crippen molar-refractivity contribution >= 4 is 23.1 Å². The van der Waals surface area contributed by atoms with Crippen molar-refractivity contribution in [2.24, 2.45) is 0 Å². The number of aliphatic hydroxyl groups is 1. The van der Waals surface area contributed by atoms with E-state index in [1.807, 2.05) is 62.4 Å². The zero-order valence-electron chi connectivity index (χ0n) is 21.0. The van der Waals surface area contributed by atoms with Crippen molar-refractivity contribution < 1.29 is 19.4 Å². The Morgan fingerprint density at radius 1 is 0.914 bits per heavy atom. The second kappa shape index (κ2) is 9.06. The van der Waals surface area contributed by atoms with Gasteiger partial charge >= 0.3 is 0 Å². The van der Waals surface area contributed by atoms with Gasteiger partial charge in [0.05, 0.1) is 18.7 Å². The highest BCUT2D eigenvalue weighted by Gasteiger charge is 2.47. The molecule has 0 spiro atoms. The lowest BCUT2D eigenvalue weighted by atomic mass is 9.87. The molecule has 5 heteroatoms. The van der Waals surface area contributed by atoms with E-state index in [4.69, 9.17) is 4.74 Å². The molecule has 1 atom stereocenters. The Bertz CT molecular complexity index is 1330. The van der Waals surface area contributed by atoms with Crippen LogP contribution in [0.3, 0.4) is 0 Å². The Morgan fingerprint density at radius 2 is 1.60 bits per heavy atom. The number of amides is 1. The molecule has 0 bridgehead atoms. The van der Waals surface area contributed by atoms with Gasteiger partial charge in [0.1, 0.15) is 11.5 Å². The van der Waals surface area contributed by atoms with E-state index < -0.39 is 17.7 Å². The molecule has 0 aromatic heterocycles. The van der Waals surface area contributed by atoms with E-state index in [0.717, 1.165) is 16.7 Å². The van der Waals surface area contributed by atoms with E-state index >= 15 is 0 Å². The zero-order chi connectivity index (χ0) is 25.5. The molecule has 180 valence electrons. The molecule has 35 heavy (non-hydrogen) atoms.